The van der Waals surface area contributed by atoms with Crippen LogP contribution in [0.25, 0.3) is 36.7 Å². The summed E-state index contributed by atoms with van der Waals surface area (Å²) in [6.07, 6.45) is 5.40. The Morgan fingerprint density at radius 2 is 1.30 bits per heavy atom. The zero-order valence-corrected chi connectivity index (χ0v) is 13.8. The Bertz CT molecular complexity index is 1000. The summed E-state index contributed by atoms with van der Waals surface area (Å²) in [6.45, 7) is 12.4. The van der Waals surface area contributed by atoms with E-state index in [0.29, 0.717) is 0 Å². The number of nitrogens with zero attached hydrogens (tertiary/aromatic N) is 2. The Morgan fingerprint density at radius 3 is 1.83 bits per heavy atom. The molecule has 0 N–H and O–H groups in total. The summed E-state index contributed by atoms with van der Waals surface area (Å²) >= 11 is 0. The predicted molar refractivity (Wildman–Crippen MR) is 99.5 cm³/mol. The van der Waals surface area contributed by atoms with Gasteiger partial charge in [-0.05, 0) is 61.9 Å². The van der Waals surface area contributed by atoms with Gasteiger partial charge in [0.05, 0.1) is 0 Å². The van der Waals surface area contributed by atoms with Crippen LogP contribution in [-0.4, -0.2) is 9.13 Å². The number of hydrogen-bond acceptors (Lipinski definition) is 0. The van der Waals surface area contributed by atoms with Crippen LogP contribution in [0.15, 0.2) is 48.5 Å². The van der Waals surface area contributed by atoms with E-state index in [-0.39, 0.29) is 0 Å². The molecule has 116 valence electrons. The van der Waals surface area contributed by atoms with Gasteiger partial charge in [-0.25, -0.2) is 0 Å². The Labute approximate surface area is 136 Å². The monoisotopic (exact) mass is 302 g/mol. The number of benzene rings is 1. The first kappa shape index (κ1) is 15.2. The van der Waals surface area contributed by atoms with Crippen molar-refractivity contribution in [2.45, 2.75) is 20.3 Å². The second-order valence-corrected chi connectivity index (χ2v) is 5.59. The van der Waals surface area contributed by atoms with E-state index in [1.54, 1.807) is 0 Å². The molecule has 2 heteroatoms. The van der Waals surface area contributed by atoms with Crippen LogP contribution < -0.4 is 21.4 Å². The van der Waals surface area contributed by atoms with E-state index in [1.165, 1.54) is 10.7 Å². The zero-order valence-electron chi connectivity index (χ0n) is 13.8. The third-order valence-corrected chi connectivity index (χ3v) is 4.06. The molecule has 0 unspecified atom stereocenters. The van der Waals surface area contributed by atoms with E-state index in [1.807, 2.05) is 12.1 Å². The van der Waals surface area contributed by atoms with Crippen molar-refractivity contribution in [3.8, 4) is 11.4 Å². The van der Waals surface area contributed by atoms with Crippen LogP contribution >= 0.6 is 0 Å². The Kier molecular flexibility index (Phi) is 4.07. The van der Waals surface area contributed by atoms with Crippen LogP contribution in [0.2, 0.25) is 0 Å². The molecular weight excluding hydrogens is 280 g/mol. The second kappa shape index (κ2) is 6.17. The second-order valence-electron chi connectivity index (χ2n) is 5.59. The van der Waals surface area contributed by atoms with E-state index in [2.05, 4.69) is 84.7 Å². The molecule has 2 nitrogen and oxygen atoms in total. The highest BCUT2D eigenvalue weighted by Gasteiger charge is 2.02. The van der Waals surface area contributed by atoms with E-state index in [0.717, 1.165) is 28.5 Å². The SMILES string of the molecule is C=c1ccc(=C)n1-c1ccc(-n2/c(=C\C)cc/c2=C/CC)cc1. The fraction of sp³-hybridized carbons (Fsp3) is 0.143. The smallest absolute Gasteiger partial charge is 0.0462 e. The van der Waals surface area contributed by atoms with Crippen molar-refractivity contribution >= 4 is 25.3 Å². The normalized spacial score (nSPS) is 13.0. The molecule has 0 saturated heterocycles. The van der Waals surface area contributed by atoms with E-state index in [4.69, 9.17) is 0 Å². The molecule has 0 amide bonds. The van der Waals surface area contributed by atoms with Gasteiger partial charge in [-0.2, -0.15) is 0 Å². The topological polar surface area (TPSA) is 9.86 Å². The third-order valence-electron chi connectivity index (χ3n) is 4.06. The maximum Gasteiger partial charge on any atom is 0.0462 e. The maximum absolute atomic E-state index is 4.06. The molecule has 3 rings (SSSR count). The lowest BCUT2D eigenvalue weighted by atomic mass is 10.2. The number of hydrogen-bond donors (Lipinski definition) is 0. The van der Waals surface area contributed by atoms with Gasteiger partial charge in [0.25, 0.3) is 0 Å². The zero-order chi connectivity index (χ0) is 16.4. The molecule has 0 aliphatic carbocycles. The van der Waals surface area contributed by atoms with Gasteiger partial charge < -0.3 is 9.13 Å². The highest BCUT2D eigenvalue weighted by molar-refractivity contribution is 5.44. The maximum atomic E-state index is 4.06. The first-order valence-electron chi connectivity index (χ1n) is 7.96. The van der Waals surface area contributed by atoms with Gasteiger partial charge in [0.2, 0.25) is 0 Å². The van der Waals surface area contributed by atoms with Crippen molar-refractivity contribution in [2.75, 3.05) is 0 Å². The summed E-state index contributed by atoms with van der Waals surface area (Å²) < 4.78 is 4.34. The van der Waals surface area contributed by atoms with E-state index < -0.39 is 0 Å². The summed E-state index contributed by atoms with van der Waals surface area (Å²) in [5.41, 5.74) is 2.25. The van der Waals surface area contributed by atoms with Crippen LogP contribution in [-0.2, 0) is 0 Å². The summed E-state index contributed by atoms with van der Waals surface area (Å²) in [6, 6.07) is 16.8. The fourth-order valence-corrected chi connectivity index (χ4v) is 2.97. The molecule has 2 aromatic heterocycles. The van der Waals surface area contributed by atoms with Gasteiger partial charge in [-0.15, -0.1) is 0 Å². The summed E-state index contributed by atoms with van der Waals surface area (Å²) in [7, 11) is 0. The minimum Gasteiger partial charge on any atom is -0.312 e. The van der Waals surface area contributed by atoms with Gasteiger partial charge >= 0.3 is 0 Å². The molecule has 0 atom stereocenters. The fourth-order valence-electron chi connectivity index (χ4n) is 2.97. The molecule has 0 fully saturated rings. The average molecular weight is 302 g/mol. The highest BCUT2D eigenvalue weighted by atomic mass is 15.0. The third kappa shape index (κ3) is 2.68. The number of aromatic nitrogens is 2. The number of rotatable bonds is 3. The summed E-state index contributed by atoms with van der Waals surface area (Å²) in [5, 5.41) is 4.33. The lowest BCUT2D eigenvalue weighted by Gasteiger charge is -2.09. The molecule has 1 aromatic carbocycles. The first-order chi connectivity index (χ1) is 11.2. The van der Waals surface area contributed by atoms with E-state index >= 15 is 0 Å². The van der Waals surface area contributed by atoms with Crippen LogP contribution in [0.1, 0.15) is 20.3 Å². The van der Waals surface area contributed by atoms with Gasteiger partial charge in [0.15, 0.2) is 0 Å². The van der Waals surface area contributed by atoms with Crippen molar-refractivity contribution in [3.05, 3.63) is 69.9 Å². The standard InChI is InChI=1S/C21H22N2/c1-5-7-19-11-10-18(6-2)23(19)21-14-12-20(13-15-21)22-16(3)8-9-17(22)4/h6-15H,3-5H2,1-2H3/b18-6-,19-7-. The summed E-state index contributed by atoms with van der Waals surface area (Å²) in [4.78, 5) is 0. The predicted octanol–water partition coefficient (Wildman–Crippen LogP) is 2.08. The lowest BCUT2D eigenvalue weighted by molar-refractivity contribution is 0.971. The Hall–Kier alpha value is -2.74. The van der Waals surface area contributed by atoms with Crippen molar-refractivity contribution in [1.29, 1.82) is 0 Å². The molecular formula is C21H22N2. The van der Waals surface area contributed by atoms with Crippen molar-refractivity contribution in [1.82, 2.24) is 9.13 Å². The molecule has 0 bridgehead atoms. The molecule has 0 aliphatic rings. The molecule has 0 spiro atoms. The quantitative estimate of drug-likeness (QED) is 0.701. The highest BCUT2D eigenvalue weighted by Crippen LogP contribution is 2.08. The molecule has 0 radical (unpaired) electrons. The van der Waals surface area contributed by atoms with Crippen molar-refractivity contribution in [3.63, 3.8) is 0 Å². The van der Waals surface area contributed by atoms with Gasteiger partial charge in [-0.3, -0.25) is 0 Å². The van der Waals surface area contributed by atoms with Crippen LogP contribution in [0.3, 0.4) is 0 Å². The lowest BCUT2D eigenvalue weighted by Crippen LogP contribution is -2.25. The van der Waals surface area contributed by atoms with Crippen LogP contribution in [0, 0.1) is 0 Å². The van der Waals surface area contributed by atoms with Crippen molar-refractivity contribution in [2.24, 2.45) is 0 Å². The molecule has 3 aromatic rings. The average Bonchev–Trinajstić information content (AvgIpc) is 3.11. The first-order valence-corrected chi connectivity index (χ1v) is 7.96. The minimum absolute atomic E-state index is 0.950. The molecule has 0 aliphatic heterocycles. The molecule has 0 saturated carbocycles. The largest absolute Gasteiger partial charge is 0.312 e. The molecule has 2 heterocycles. The minimum atomic E-state index is 0.950. The Morgan fingerprint density at radius 1 is 0.783 bits per heavy atom. The van der Waals surface area contributed by atoms with Crippen molar-refractivity contribution < 1.29 is 0 Å². The Balaban J connectivity index is 2.15. The van der Waals surface area contributed by atoms with Gasteiger partial charge in [0.1, 0.15) is 0 Å². The van der Waals surface area contributed by atoms with Crippen LogP contribution in [0.5, 0.6) is 0 Å². The molecule has 23 heavy (non-hydrogen) atoms. The van der Waals surface area contributed by atoms with Crippen LogP contribution in [0.4, 0.5) is 0 Å². The van der Waals surface area contributed by atoms with Gasteiger partial charge in [0, 0.05) is 32.8 Å². The summed E-state index contributed by atoms with van der Waals surface area (Å²) in [5.74, 6) is 0. The van der Waals surface area contributed by atoms with E-state index in [9.17, 15) is 0 Å². The van der Waals surface area contributed by atoms with Gasteiger partial charge in [-0.1, -0.05) is 32.2 Å².